The topological polar surface area (TPSA) is 85.5 Å². The molecule has 36 heavy (non-hydrogen) atoms. The molecule has 7 nitrogen and oxygen atoms in total. The molecule has 1 aliphatic carbocycles. The Kier molecular flexibility index (Phi) is 6.01. The molecule has 1 fully saturated rings. The van der Waals surface area contributed by atoms with E-state index in [4.69, 9.17) is 14.8 Å². The van der Waals surface area contributed by atoms with Gasteiger partial charge in [0.05, 0.1) is 42.0 Å². The van der Waals surface area contributed by atoms with Crippen LogP contribution >= 0.6 is 0 Å². The third kappa shape index (κ3) is 4.23. The van der Waals surface area contributed by atoms with Gasteiger partial charge in [0.25, 0.3) is 0 Å². The number of hydrogen-bond acceptors (Lipinski definition) is 5. The van der Waals surface area contributed by atoms with E-state index in [1.807, 2.05) is 26.2 Å². The lowest BCUT2D eigenvalue weighted by Gasteiger charge is -2.41. The lowest BCUT2D eigenvalue weighted by molar-refractivity contribution is -0.0498. The normalized spacial score (nSPS) is 16.4. The van der Waals surface area contributed by atoms with Gasteiger partial charge in [-0.1, -0.05) is 5.16 Å². The van der Waals surface area contributed by atoms with Gasteiger partial charge >= 0.3 is 0 Å². The molecule has 0 atom stereocenters. The molecule has 0 aliphatic heterocycles. The molecule has 4 aromatic rings. The van der Waals surface area contributed by atoms with Crippen molar-refractivity contribution in [3.8, 4) is 28.3 Å². The molecule has 1 saturated carbocycles. The third-order valence-electron chi connectivity index (χ3n) is 7.70. The first kappa shape index (κ1) is 24.3. The van der Waals surface area contributed by atoms with Crippen molar-refractivity contribution in [3.63, 3.8) is 0 Å². The number of aryl methyl sites for hydroxylation is 3. The number of nitrogens with zero attached hydrogens (tertiary/aromatic N) is 6. The molecule has 4 heterocycles. The first-order valence-corrected chi connectivity index (χ1v) is 12.3. The quantitative estimate of drug-likeness (QED) is 0.386. The largest absolute Gasteiger partial charge is 0.361 e. The van der Waals surface area contributed by atoms with Crippen LogP contribution in [0.25, 0.3) is 33.3 Å². The van der Waals surface area contributed by atoms with Gasteiger partial charge in [-0.2, -0.15) is 10.4 Å². The average molecular weight is 488 g/mol. The number of pyridine rings is 1. The summed E-state index contributed by atoms with van der Waals surface area (Å²) in [6.45, 7) is 4.30. The fourth-order valence-electron chi connectivity index (χ4n) is 5.56. The van der Waals surface area contributed by atoms with Crippen LogP contribution in [0, 0.1) is 31.1 Å². The Morgan fingerprint density at radius 1 is 1.19 bits per heavy atom. The van der Waals surface area contributed by atoms with Crippen molar-refractivity contribution >= 4 is 26.7 Å². The molecule has 0 radical (unpaired) electrons. The first-order valence-electron chi connectivity index (χ1n) is 12.3. The highest BCUT2D eigenvalue weighted by Gasteiger charge is 2.41. The molecule has 0 unspecified atom stereocenters. The minimum absolute atomic E-state index is 0.0819. The van der Waals surface area contributed by atoms with Gasteiger partial charge in [0.2, 0.25) is 5.92 Å². The van der Waals surface area contributed by atoms with Crippen LogP contribution in [0.3, 0.4) is 0 Å². The molecule has 0 amide bonds. The number of nitriles is 1. The van der Waals surface area contributed by atoms with E-state index in [-0.39, 0.29) is 18.8 Å². The number of hydrogen-bond donors (Lipinski definition) is 0. The van der Waals surface area contributed by atoms with E-state index in [1.54, 1.807) is 10.9 Å². The number of alkyl halides is 2. The van der Waals surface area contributed by atoms with Crippen molar-refractivity contribution in [2.24, 2.45) is 5.92 Å². The summed E-state index contributed by atoms with van der Waals surface area (Å²) < 4.78 is 37.3. The lowest BCUT2D eigenvalue weighted by atomic mass is 9.52. The Hall–Kier alpha value is -3.41. The van der Waals surface area contributed by atoms with Crippen molar-refractivity contribution < 1.29 is 13.3 Å². The Labute approximate surface area is 210 Å². The molecule has 0 saturated heterocycles. The fraction of sp³-hybridized carbons (Fsp3) is 0.440. The molecule has 0 spiro atoms. The Balaban J connectivity index is 1.65. The van der Waals surface area contributed by atoms with Crippen LogP contribution in [-0.2, 0) is 11.9 Å². The SMILES string of the molecule is BC(B)(C1CCC(F)(F)CC1)n1cc(-c2cnn(CCC#N)c2)c2ncc(-c3c(C)noc3C)cc21. The van der Waals surface area contributed by atoms with Gasteiger partial charge < -0.3 is 9.09 Å². The number of halogens is 2. The van der Waals surface area contributed by atoms with Crippen LogP contribution < -0.4 is 0 Å². The van der Waals surface area contributed by atoms with Gasteiger partial charge in [-0.25, -0.2) is 8.78 Å². The Morgan fingerprint density at radius 3 is 2.61 bits per heavy atom. The monoisotopic (exact) mass is 488 g/mol. The van der Waals surface area contributed by atoms with Crippen LogP contribution in [-0.4, -0.2) is 46.1 Å². The van der Waals surface area contributed by atoms with E-state index in [2.05, 4.69) is 48.8 Å². The molecule has 0 bridgehead atoms. The first-order chi connectivity index (χ1) is 17.1. The fourth-order valence-corrected chi connectivity index (χ4v) is 5.56. The Bertz CT molecular complexity index is 1440. The second kappa shape index (κ2) is 8.91. The summed E-state index contributed by atoms with van der Waals surface area (Å²) in [6.07, 6.45) is 8.77. The molecule has 0 N–H and O–H groups in total. The van der Waals surface area contributed by atoms with Gasteiger partial charge in [0.15, 0.2) is 0 Å². The van der Waals surface area contributed by atoms with Crippen molar-refractivity contribution in [1.82, 2.24) is 24.5 Å². The van der Waals surface area contributed by atoms with E-state index in [0.717, 1.165) is 44.7 Å². The van der Waals surface area contributed by atoms with E-state index in [0.29, 0.717) is 25.8 Å². The second-order valence-electron chi connectivity index (χ2n) is 10.4. The summed E-state index contributed by atoms with van der Waals surface area (Å²) in [4.78, 5) is 4.87. The van der Waals surface area contributed by atoms with Crippen LogP contribution in [0.2, 0.25) is 0 Å². The molecule has 184 valence electrons. The zero-order chi connectivity index (χ0) is 25.7. The summed E-state index contributed by atoms with van der Waals surface area (Å²) in [5, 5.41) is 17.0. The predicted octanol–water partition coefficient (Wildman–Crippen LogP) is 3.79. The standard InChI is InChI=1S/C25H28B2F2N6O/c1-15-22(16(2)36-33-15)17-10-21-23(31-11-17)20(18-12-32-34(13-18)9-3-8-30)14-35(21)25(26,27)19-4-6-24(28,29)7-5-19/h10-14,19H,3-7,9,26-27H2,1-2H3. The van der Waals surface area contributed by atoms with E-state index < -0.39 is 11.3 Å². The van der Waals surface area contributed by atoms with Crippen LogP contribution in [0.4, 0.5) is 8.78 Å². The van der Waals surface area contributed by atoms with Crippen molar-refractivity contribution in [2.75, 3.05) is 0 Å². The highest BCUT2D eigenvalue weighted by atomic mass is 19.3. The summed E-state index contributed by atoms with van der Waals surface area (Å²) in [7, 11) is 4.26. The molecule has 5 rings (SSSR count). The van der Waals surface area contributed by atoms with Gasteiger partial charge in [0, 0.05) is 53.7 Å². The molecule has 1 aliphatic rings. The molecular weight excluding hydrogens is 460 g/mol. The molecular formula is C25H28B2F2N6O. The van der Waals surface area contributed by atoms with Gasteiger partial charge in [-0.05, 0) is 44.0 Å². The highest BCUT2D eigenvalue weighted by Crippen LogP contribution is 2.43. The maximum atomic E-state index is 14.0. The van der Waals surface area contributed by atoms with Crippen LogP contribution in [0.1, 0.15) is 43.6 Å². The minimum Gasteiger partial charge on any atom is -0.361 e. The van der Waals surface area contributed by atoms with Gasteiger partial charge in [-0.15, -0.1) is 0 Å². The highest BCUT2D eigenvalue weighted by molar-refractivity contribution is 6.38. The molecule has 11 heteroatoms. The van der Waals surface area contributed by atoms with Crippen molar-refractivity contribution in [2.45, 2.75) is 63.8 Å². The zero-order valence-electron chi connectivity index (χ0n) is 21.1. The van der Waals surface area contributed by atoms with Crippen molar-refractivity contribution in [3.05, 3.63) is 42.3 Å². The summed E-state index contributed by atoms with van der Waals surface area (Å²) in [5.74, 6) is -1.76. The van der Waals surface area contributed by atoms with Crippen molar-refractivity contribution in [1.29, 1.82) is 5.26 Å². The van der Waals surface area contributed by atoms with Gasteiger partial charge in [-0.3, -0.25) is 9.67 Å². The second-order valence-corrected chi connectivity index (χ2v) is 10.4. The maximum Gasteiger partial charge on any atom is 0.248 e. The average Bonchev–Trinajstić information content (AvgIpc) is 3.54. The number of aromatic nitrogens is 5. The minimum atomic E-state index is -2.58. The van der Waals surface area contributed by atoms with E-state index in [9.17, 15) is 8.78 Å². The Morgan fingerprint density at radius 2 is 1.94 bits per heavy atom. The molecule has 0 aromatic carbocycles. The van der Waals surface area contributed by atoms with Gasteiger partial charge in [0.1, 0.15) is 21.5 Å². The maximum absolute atomic E-state index is 14.0. The summed E-state index contributed by atoms with van der Waals surface area (Å²) >= 11 is 0. The summed E-state index contributed by atoms with van der Waals surface area (Å²) in [6, 6.07) is 4.24. The lowest BCUT2D eigenvalue weighted by Crippen LogP contribution is -2.45. The number of fused-ring (bicyclic) bond motifs is 1. The van der Waals surface area contributed by atoms with E-state index in [1.165, 1.54) is 0 Å². The summed E-state index contributed by atoms with van der Waals surface area (Å²) in [5.41, 5.74) is 6.18. The number of rotatable bonds is 6. The zero-order valence-corrected chi connectivity index (χ0v) is 21.1. The van der Waals surface area contributed by atoms with E-state index >= 15 is 0 Å². The van der Waals surface area contributed by atoms with Crippen LogP contribution in [0.5, 0.6) is 0 Å². The third-order valence-corrected chi connectivity index (χ3v) is 7.70. The van der Waals surface area contributed by atoms with Crippen LogP contribution in [0.15, 0.2) is 35.4 Å². The smallest absolute Gasteiger partial charge is 0.248 e. The predicted molar refractivity (Wildman–Crippen MR) is 138 cm³/mol. The molecule has 4 aromatic heterocycles.